The van der Waals surface area contributed by atoms with E-state index in [9.17, 15) is 9.59 Å². The van der Waals surface area contributed by atoms with Crippen LogP contribution in [0.4, 0.5) is 0 Å². The summed E-state index contributed by atoms with van der Waals surface area (Å²) in [7, 11) is 0. The van der Waals surface area contributed by atoms with E-state index < -0.39 is 11.9 Å². The molecule has 17 heavy (non-hydrogen) atoms. The Labute approximate surface area is 98.4 Å². The van der Waals surface area contributed by atoms with Crippen molar-refractivity contribution in [3.05, 3.63) is 11.6 Å². The van der Waals surface area contributed by atoms with Gasteiger partial charge >= 0.3 is 0 Å². The second-order valence-electron chi connectivity index (χ2n) is 4.02. The molecule has 1 aliphatic rings. The summed E-state index contributed by atoms with van der Waals surface area (Å²) in [5, 5.41) is 6.52. The van der Waals surface area contributed by atoms with Gasteiger partial charge in [0, 0.05) is 13.0 Å². The zero-order valence-corrected chi connectivity index (χ0v) is 9.64. The van der Waals surface area contributed by atoms with Crippen LogP contribution in [0.25, 0.3) is 0 Å². The number of nitrogens with two attached hydrogens (primary N) is 1. The molecule has 0 bridgehead atoms. The Morgan fingerprint density at radius 3 is 2.94 bits per heavy atom. The van der Waals surface area contributed by atoms with E-state index >= 15 is 0 Å². The lowest BCUT2D eigenvalue weighted by Gasteiger charge is -2.20. The first kappa shape index (κ1) is 11.6. The Morgan fingerprint density at radius 1 is 1.59 bits per heavy atom. The minimum Gasteiger partial charge on any atom is -0.368 e. The fourth-order valence-electron chi connectivity index (χ4n) is 1.98. The Kier molecular flexibility index (Phi) is 3.08. The maximum absolute atomic E-state index is 12.1. The molecule has 1 unspecified atom stereocenters. The van der Waals surface area contributed by atoms with E-state index in [1.165, 1.54) is 4.90 Å². The lowest BCUT2D eigenvalue weighted by Crippen LogP contribution is -2.44. The fourth-order valence-corrected chi connectivity index (χ4v) is 1.98. The lowest BCUT2D eigenvalue weighted by molar-refractivity contribution is -0.121. The van der Waals surface area contributed by atoms with E-state index in [1.54, 1.807) is 0 Å². The molecule has 0 spiro atoms. The number of aromatic nitrogens is 3. The van der Waals surface area contributed by atoms with Crippen molar-refractivity contribution in [3.63, 3.8) is 0 Å². The van der Waals surface area contributed by atoms with Crippen molar-refractivity contribution in [3.8, 4) is 0 Å². The molecule has 2 amide bonds. The number of rotatable bonds is 3. The molecule has 2 rings (SSSR count). The summed E-state index contributed by atoms with van der Waals surface area (Å²) in [6.07, 6.45) is 2.08. The molecule has 7 nitrogen and oxygen atoms in total. The number of H-pyrrole nitrogens is 1. The molecular weight excluding hydrogens is 222 g/mol. The van der Waals surface area contributed by atoms with Crippen molar-refractivity contribution in [2.45, 2.75) is 32.2 Å². The van der Waals surface area contributed by atoms with Gasteiger partial charge in [0.15, 0.2) is 0 Å². The van der Waals surface area contributed by atoms with Crippen LogP contribution < -0.4 is 5.73 Å². The number of aromatic amines is 1. The molecule has 3 N–H and O–H groups in total. The van der Waals surface area contributed by atoms with E-state index in [4.69, 9.17) is 5.73 Å². The number of carbonyl (C=O) groups excluding carboxylic acids is 2. The van der Waals surface area contributed by atoms with E-state index in [2.05, 4.69) is 15.2 Å². The van der Waals surface area contributed by atoms with Crippen LogP contribution in [0.5, 0.6) is 0 Å². The fraction of sp³-hybridized carbons (Fsp3) is 0.600. The van der Waals surface area contributed by atoms with Gasteiger partial charge in [-0.1, -0.05) is 6.92 Å². The highest BCUT2D eigenvalue weighted by Gasteiger charge is 2.34. The van der Waals surface area contributed by atoms with Crippen LogP contribution in [0, 0.1) is 0 Å². The molecule has 1 aromatic heterocycles. The highest BCUT2D eigenvalue weighted by Crippen LogP contribution is 2.18. The zero-order valence-electron chi connectivity index (χ0n) is 9.64. The quantitative estimate of drug-likeness (QED) is 0.736. The number of nitrogens with zero attached hydrogens (tertiary/aromatic N) is 3. The molecule has 92 valence electrons. The van der Waals surface area contributed by atoms with Crippen LogP contribution in [0.2, 0.25) is 0 Å². The summed E-state index contributed by atoms with van der Waals surface area (Å²) < 4.78 is 0. The number of carbonyl (C=O) groups is 2. The van der Waals surface area contributed by atoms with Crippen molar-refractivity contribution < 1.29 is 9.59 Å². The largest absolute Gasteiger partial charge is 0.368 e. The monoisotopic (exact) mass is 237 g/mol. The summed E-state index contributed by atoms with van der Waals surface area (Å²) >= 11 is 0. The second kappa shape index (κ2) is 4.52. The average molecular weight is 237 g/mol. The van der Waals surface area contributed by atoms with Crippen molar-refractivity contribution in [2.75, 3.05) is 6.54 Å². The van der Waals surface area contributed by atoms with Crippen LogP contribution in [-0.2, 0) is 11.2 Å². The predicted molar refractivity (Wildman–Crippen MR) is 59.0 cm³/mol. The van der Waals surface area contributed by atoms with Crippen LogP contribution >= 0.6 is 0 Å². The third kappa shape index (κ3) is 2.13. The Balaban J connectivity index is 2.16. The molecule has 0 aliphatic carbocycles. The van der Waals surface area contributed by atoms with Gasteiger partial charge in [-0.05, 0) is 12.8 Å². The summed E-state index contributed by atoms with van der Waals surface area (Å²) in [5.74, 6) is -0.0393. The molecule has 1 fully saturated rings. The third-order valence-electron chi connectivity index (χ3n) is 2.90. The summed E-state index contributed by atoms with van der Waals surface area (Å²) in [5.41, 5.74) is 5.25. The van der Waals surface area contributed by atoms with Gasteiger partial charge in [-0.25, -0.2) is 4.98 Å². The molecule has 0 saturated carbocycles. The van der Waals surface area contributed by atoms with Crippen molar-refractivity contribution in [1.82, 2.24) is 20.1 Å². The number of hydrogen-bond acceptors (Lipinski definition) is 4. The van der Waals surface area contributed by atoms with Crippen molar-refractivity contribution in [2.24, 2.45) is 5.73 Å². The molecule has 1 aromatic rings. The number of nitrogens with one attached hydrogen (secondary N) is 1. The summed E-state index contributed by atoms with van der Waals surface area (Å²) in [6.45, 7) is 2.44. The first-order valence-electron chi connectivity index (χ1n) is 5.65. The molecule has 1 atom stereocenters. The number of aryl methyl sites for hydroxylation is 1. The average Bonchev–Trinajstić information content (AvgIpc) is 2.97. The first-order valence-corrected chi connectivity index (χ1v) is 5.65. The van der Waals surface area contributed by atoms with Crippen LogP contribution in [-0.4, -0.2) is 44.5 Å². The van der Waals surface area contributed by atoms with Gasteiger partial charge in [0.1, 0.15) is 11.9 Å². The minimum absolute atomic E-state index is 0.106. The van der Waals surface area contributed by atoms with Gasteiger partial charge in [0.2, 0.25) is 11.7 Å². The standard InChI is InChI=1S/C10H15N5O2/c1-2-7-12-9(14-13-7)10(17)15-5-3-4-6(15)8(11)16/h6H,2-5H2,1H3,(H2,11,16)(H,12,13,14). The topological polar surface area (TPSA) is 105 Å². The Hall–Kier alpha value is -1.92. The van der Waals surface area contributed by atoms with Gasteiger partial charge in [0.05, 0.1) is 0 Å². The summed E-state index contributed by atoms with van der Waals surface area (Å²) in [6, 6.07) is -0.522. The van der Waals surface area contributed by atoms with Crippen LogP contribution in [0.1, 0.15) is 36.2 Å². The third-order valence-corrected chi connectivity index (χ3v) is 2.90. The first-order chi connectivity index (χ1) is 8.13. The van der Waals surface area contributed by atoms with Crippen LogP contribution in [0.15, 0.2) is 0 Å². The van der Waals surface area contributed by atoms with E-state index in [-0.39, 0.29) is 11.7 Å². The molecule has 0 aromatic carbocycles. The van der Waals surface area contributed by atoms with Gasteiger partial charge < -0.3 is 10.6 Å². The molecule has 2 heterocycles. The van der Waals surface area contributed by atoms with E-state index in [0.717, 1.165) is 6.42 Å². The smallest absolute Gasteiger partial charge is 0.294 e. The molecule has 0 radical (unpaired) electrons. The van der Waals surface area contributed by atoms with Gasteiger partial charge in [-0.15, -0.1) is 5.10 Å². The van der Waals surface area contributed by atoms with E-state index in [1.807, 2.05) is 6.92 Å². The van der Waals surface area contributed by atoms with Gasteiger partial charge in [0.25, 0.3) is 5.91 Å². The Bertz CT molecular complexity index is 442. The van der Waals surface area contributed by atoms with Gasteiger partial charge in [-0.3, -0.25) is 14.7 Å². The Morgan fingerprint density at radius 2 is 2.35 bits per heavy atom. The van der Waals surface area contributed by atoms with Crippen molar-refractivity contribution in [1.29, 1.82) is 0 Å². The minimum atomic E-state index is -0.522. The van der Waals surface area contributed by atoms with Gasteiger partial charge in [-0.2, -0.15) is 0 Å². The number of hydrogen-bond donors (Lipinski definition) is 2. The maximum Gasteiger partial charge on any atom is 0.294 e. The number of likely N-dealkylation sites (tertiary alicyclic amines) is 1. The normalized spacial score (nSPS) is 19.6. The van der Waals surface area contributed by atoms with Crippen LogP contribution in [0.3, 0.4) is 0 Å². The highest BCUT2D eigenvalue weighted by atomic mass is 16.2. The highest BCUT2D eigenvalue weighted by molar-refractivity contribution is 5.94. The predicted octanol–water partition coefficient (Wildman–Crippen LogP) is -0.543. The van der Waals surface area contributed by atoms with Crippen molar-refractivity contribution >= 4 is 11.8 Å². The molecule has 1 saturated heterocycles. The molecule has 1 aliphatic heterocycles. The molecule has 7 heteroatoms. The zero-order chi connectivity index (χ0) is 12.4. The van der Waals surface area contributed by atoms with E-state index in [0.29, 0.717) is 25.2 Å². The number of amides is 2. The maximum atomic E-state index is 12.1. The lowest BCUT2D eigenvalue weighted by atomic mass is 10.2. The summed E-state index contributed by atoms with van der Waals surface area (Å²) in [4.78, 5) is 28.8. The second-order valence-corrected chi connectivity index (χ2v) is 4.02. The SMILES string of the molecule is CCc1nc(C(=O)N2CCCC2C(N)=O)n[nH]1. The molecular formula is C10H15N5O2. The number of primary amides is 1.